The van der Waals surface area contributed by atoms with Crippen molar-refractivity contribution in [2.24, 2.45) is 0 Å². The Balaban J connectivity index is 2.48. The lowest BCUT2D eigenvalue weighted by Crippen LogP contribution is -2.11. The molecule has 0 spiro atoms. The summed E-state index contributed by atoms with van der Waals surface area (Å²) in [5.74, 6) is 0. The normalized spacial score (nSPS) is 11.6. The summed E-state index contributed by atoms with van der Waals surface area (Å²) in [6.45, 7) is 8.67. The molecule has 0 aliphatic rings. The SMILES string of the molecule is Cc1cc(C(C)(C)C)ccc1-c1cnnc(Cl)n1. The monoisotopic (exact) mass is 261 g/mol. The molecule has 0 N–H and O–H groups in total. The summed E-state index contributed by atoms with van der Waals surface area (Å²) in [5, 5.41) is 7.66. The van der Waals surface area contributed by atoms with E-state index in [4.69, 9.17) is 11.6 Å². The number of halogens is 1. The molecule has 0 saturated heterocycles. The van der Waals surface area contributed by atoms with Gasteiger partial charge in [-0.1, -0.05) is 39.0 Å². The van der Waals surface area contributed by atoms with Crippen LogP contribution in [0.4, 0.5) is 0 Å². The fraction of sp³-hybridized carbons (Fsp3) is 0.357. The van der Waals surface area contributed by atoms with Crippen molar-refractivity contribution in [1.29, 1.82) is 0 Å². The molecule has 0 aliphatic carbocycles. The molecule has 0 radical (unpaired) electrons. The molecule has 0 unspecified atom stereocenters. The number of nitrogens with zero attached hydrogens (tertiary/aromatic N) is 3. The molecule has 4 heteroatoms. The van der Waals surface area contributed by atoms with E-state index in [2.05, 4.69) is 61.1 Å². The fourth-order valence-corrected chi connectivity index (χ4v) is 1.96. The maximum Gasteiger partial charge on any atom is 0.243 e. The Morgan fingerprint density at radius 1 is 1.17 bits per heavy atom. The lowest BCUT2D eigenvalue weighted by Gasteiger charge is -2.20. The molecule has 0 bridgehead atoms. The van der Waals surface area contributed by atoms with E-state index >= 15 is 0 Å². The van der Waals surface area contributed by atoms with Gasteiger partial charge < -0.3 is 0 Å². The van der Waals surface area contributed by atoms with Crippen LogP contribution in [0.2, 0.25) is 5.28 Å². The summed E-state index contributed by atoms with van der Waals surface area (Å²) in [5.41, 5.74) is 4.41. The van der Waals surface area contributed by atoms with E-state index in [0.29, 0.717) is 0 Å². The van der Waals surface area contributed by atoms with Gasteiger partial charge in [-0.25, -0.2) is 4.98 Å². The van der Waals surface area contributed by atoms with E-state index in [9.17, 15) is 0 Å². The number of rotatable bonds is 1. The zero-order valence-electron chi connectivity index (χ0n) is 11.0. The van der Waals surface area contributed by atoms with Crippen molar-refractivity contribution < 1.29 is 0 Å². The molecule has 2 rings (SSSR count). The number of aromatic nitrogens is 3. The predicted molar refractivity (Wildman–Crippen MR) is 73.7 cm³/mol. The number of hydrogen-bond acceptors (Lipinski definition) is 3. The third kappa shape index (κ3) is 2.67. The van der Waals surface area contributed by atoms with Crippen molar-refractivity contribution >= 4 is 11.6 Å². The molecule has 1 aromatic carbocycles. The van der Waals surface area contributed by atoms with Crippen molar-refractivity contribution in [2.45, 2.75) is 33.1 Å². The van der Waals surface area contributed by atoms with Crippen molar-refractivity contribution in [3.05, 3.63) is 40.8 Å². The van der Waals surface area contributed by atoms with Crippen molar-refractivity contribution in [3.8, 4) is 11.3 Å². The molecule has 1 heterocycles. The van der Waals surface area contributed by atoms with E-state index in [0.717, 1.165) is 11.3 Å². The summed E-state index contributed by atoms with van der Waals surface area (Å²) in [6, 6.07) is 6.37. The molecule has 3 nitrogen and oxygen atoms in total. The van der Waals surface area contributed by atoms with E-state index in [-0.39, 0.29) is 10.7 Å². The van der Waals surface area contributed by atoms with E-state index in [1.807, 2.05) is 0 Å². The van der Waals surface area contributed by atoms with Gasteiger partial charge in [0, 0.05) is 5.56 Å². The predicted octanol–water partition coefficient (Wildman–Crippen LogP) is 3.80. The van der Waals surface area contributed by atoms with Crippen LogP contribution in [-0.4, -0.2) is 15.2 Å². The van der Waals surface area contributed by atoms with Gasteiger partial charge >= 0.3 is 0 Å². The summed E-state index contributed by atoms with van der Waals surface area (Å²) < 4.78 is 0. The van der Waals surface area contributed by atoms with Crippen LogP contribution in [0.5, 0.6) is 0 Å². The highest BCUT2D eigenvalue weighted by molar-refractivity contribution is 6.28. The summed E-state index contributed by atoms with van der Waals surface area (Å²) in [6.07, 6.45) is 1.63. The lowest BCUT2D eigenvalue weighted by molar-refractivity contribution is 0.590. The first-order valence-electron chi connectivity index (χ1n) is 5.84. The fourth-order valence-electron chi connectivity index (χ4n) is 1.83. The second-order valence-corrected chi connectivity index (χ2v) is 5.73. The van der Waals surface area contributed by atoms with Crippen LogP contribution in [0.15, 0.2) is 24.4 Å². The minimum Gasteiger partial charge on any atom is -0.215 e. The highest BCUT2D eigenvalue weighted by Crippen LogP contribution is 2.28. The first-order valence-corrected chi connectivity index (χ1v) is 6.22. The summed E-state index contributed by atoms with van der Waals surface area (Å²) in [4.78, 5) is 4.19. The number of benzene rings is 1. The molecular formula is C14H16ClN3. The Bertz CT molecular complexity index is 573. The first kappa shape index (κ1) is 13.0. The van der Waals surface area contributed by atoms with Crippen LogP contribution in [0.1, 0.15) is 31.9 Å². The van der Waals surface area contributed by atoms with Crippen molar-refractivity contribution in [3.63, 3.8) is 0 Å². The first-order chi connectivity index (χ1) is 8.38. The van der Waals surface area contributed by atoms with Crippen molar-refractivity contribution in [2.75, 3.05) is 0 Å². The van der Waals surface area contributed by atoms with Crippen LogP contribution in [-0.2, 0) is 5.41 Å². The smallest absolute Gasteiger partial charge is 0.215 e. The van der Waals surface area contributed by atoms with Gasteiger partial charge in [0.25, 0.3) is 0 Å². The zero-order valence-corrected chi connectivity index (χ0v) is 11.8. The third-order valence-corrected chi connectivity index (χ3v) is 3.06. The molecule has 0 aliphatic heterocycles. The second-order valence-electron chi connectivity index (χ2n) is 5.39. The van der Waals surface area contributed by atoms with Crippen LogP contribution >= 0.6 is 11.6 Å². The number of aryl methyl sites for hydroxylation is 1. The Morgan fingerprint density at radius 3 is 2.44 bits per heavy atom. The second kappa shape index (κ2) is 4.65. The molecule has 1 aromatic heterocycles. The average Bonchev–Trinajstić information content (AvgIpc) is 2.27. The molecule has 94 valence electrons. The highest BCUT2D eigenvalue weighted by atomic mass is 35.5. The van der Waals surface area contributed by atoms with Gasteiger partial charge in [-0.05, 0) is 35.1 Å². The lowest BCUT2D eigenvalue weighted by atomic mass is 9.85. The maximum absolute atomic E-state index is 5.77. The van der Waals surface area contributed by atoms with Gasteiger partial charge in [-0.2, -0.15) is 5.10 Å². The number of hydrogen-bond donors (Lipinski definition) is 0. The molecule has 18 heavy (non-hydrogen) atoms. The molecular weight excluding hydrogens is 246 g/mol. The largest absolute Gasteiger partial charge is 0.243 e. The van der Waals surface area contributed by atoms with Crippen LogP contribution in [0.25, 0.3) is 11.3 Å². The average molecular weight is 262 g/mol. The Morgan fingerprint density at radius 2 is 1.89 bits per heavy atom. The van der Waals surface area contributed by atoms with Gasteiger partial charge in [0.15, 0.2) is 0 Å². The summed E-state index contributed by atoms with van der Waals surface area (Å²) in [7, 11) is 0. The third-order valence-electron chi connectivity index (χ3n) is 2.90. The molecule has 2 aromatic rings. The zero-order chi connectivity index (χ0) is 13.3. The minimum atomic E-state index is 0.144. The molecule has 0 amide bonds. The van der Waals surface area contributed by atoms with E-state index < -0.39 is 0 Å². The van der Waals surface area contributed by atoms with Gasteiger partial charge in [-0.3, -0.25) is 0 Å². The highest BCUT2D eigenvalue weighted by Gasteiger charge is 2.15. The Kier molecular flexibility index (Phi) is 3.35. The van der Waals surface area contributed by atoms with Crippen LogP contribution in [0.3, 0.4) is 0 Å². The Labute approximate surface area is 112 Å². The van der Waals surface area contributed by atoms with Gasteiger partial charge in [-0.15, -0.1) is 5.10 Å². The van der Waals surface area contributed by atoms with Crippen LogP contribution < -0.4 is 0 Å². The van der Waals surface area contributed by atoms with Gasteiger partial charge in [0.2, 0.25) is 5.28 Å². The molecule has 0 saturated carbocycles. The van der Waals surface area contributed by atoms with Gasteiger partial charge in [0.05, 0.1) is 11.9 Å². The summed E-state index contributed by atoms with van der Waals surface area (Å²) >= 11 is 5.77. The van der Waals surface area contributed by atoms with Crippen molar-refractivity contribution in [1.82, 2.24) is 15.2 Å². The Hall–Kier alpha value is -1.48. The molecule has 0 atom stereocenters. The van der Waals surface area contributed by atoms with Crippen LogP contribution in [0, 0.1) is 6.92 Å². The standard InChI is InChI=1S/C14H16ClN3/c1-9-7-10(14(2,3)4)5-6-11(9)12-8-16-18-13(15)17-12/h5-8H,1-4H3. The maximum atomic E-state index is 5.77. The van der Waals surface area contributed by atoms with Gasteiger partial charge in [0.1, 0.15) is 0 Å². The van der Waals surface area contributed by atoms with E-state index in [1.54, 1.807) is 6.20 Å². The van der Waals surface area contributed by atoms with E-state index in [1.165, 1.54) is 11.1 Å². The topological polar surface area (TPSA) is 38.7 Å². The minimum absolute atomic E-state index is 0.144. The quantitative estimate of drug-likeness (QED) is 0.784. The molecule has 0 fully saturated rings.